The number of carbonyl (C=O) groups is 3. The molecule has 4 rings (SSSR count). The molecule has 1 unspecified atom stereocenters. The Hall–Kier alpha value is -3.30. The average Bonchev–Trinajstić information content (AvgIpc) is 3.21. The number of likely N-dealkylation sites (N-methyl/N-ethyl adjacent to an activating group) is 1. The Morgan fingerprint density at radius 2 is 1.80 bits per heavy atom. The third-order valence-electron chi connectivity index (χ3n) is 8.19. The number of imide groups is 1. The Balaban J connectivity index is 1.47. The van der Waals surface area contributed by atoms with Gasteiger partial charge in [0.2, 0.25) is 5.91 Å². The molecule has 0 radical (unpaired) electrons. The fraction of sp³-hybridized carbons (Fsp3) is 0.516. The molecule has 41 heavy (non-hydrogen) atoms. The van der Waals surface area contributed by atoms with Gasteiger partial charge in [0.1, 0.15) is 13.2 Å². The molecule has 1 atom stereocenters. The van der Waals surface area contributed by atoms with Crippen LogP contribution in [-0.2, 0) is 16.1 Å². The number of hydrogen-bond donors (Lipinski definition) is 1. The SMILES string of the molecule is CCC(c1ccc(Cl)cc1)N(Cc1ccc(OCCN2C(=O)CN(C)C2=O)c(OC)c1)CC1CCC(C(=O)O)CC1. The van der Waals surface area contributed by atoms with Crippen LogP contribution in [0.4, 0.5) is 4.79 Å². The lowest BCUT2D eigenvalue weighted by atomic mass is 9.81. The smallest absolute Gasteiger partial charge is 0.327 e. The maximum atomic E-state index is 12.1. The van der Waals surface area contributed by atoms with Gasteiger partial charge in [-0.15, -0.1) is 0 Å². The molecule has 1 saturated heterocycles. The van der Waals surface area contributed by atoms with Crippen molar-refractivity contribution in [1.29, 1.82) is 0 Å². The molecule has 222 valence electrons. The molecule has 10 heteroatoms. The Bertz CT molecular complexity index is 1210. The van der Waals surface area contributed by atoms with Gasteiger partial charge in [0.25, 0.3) is 0 Å². The standard InChI is InChI=1S/C31H40ClN3O6/c1-4-26(23-10-12-25(32)13-11-23)34(18-21-5-8-24(9-6-21)30(37)38)19-22-7-14-27(28(17-22)40-3)41-16-15-35-29(36)20-33(2)31(35)39/h7,10-14,17,21,24,26H,4-6,8-9,15-16,18-20H2,1-3H3,(H,37,38). The number of methoxy groups -OCH3 is 1. The Kier molecular flexibility index (Phi) is 10.5. The Morgan fingerprint density at radius 1 is 1.10 bits per heavy atom. The molecule has 1 saturated carbocycles. The van der Waals surface area contributed by atoms with Crippen molar-refractivity contribution in [2.45, 2.75) is 51.6 Å². The fourth-order valence-electron chi connectivity index (χ4n) is 5.92. The molecule has 2 fully saturated rings. The normalized spacial score (nSPS) is 20.0. The molecule has 9 nitrogen and oxygen atoms in total. The quantitative estimate of drug-likeness (QED) is 0.311. The van der Waals surface area contributed by atoms with E-state index in [1.54, 1.807) is 14.2 Å². The summed E-state index contributed by atoms with van der Waals surface area (Å²) in [5.74, 6) is 0.399. The number of halogens is 1. The van der Waals surface area contributed by atoms with E-state index in [0.717, 1.165) is 44.2 Å². The third-order valence-corrected chi connectivity index (χ3v) is 8.44. The molecule has 0 bridgehead atoms. The molecule has 1 heterocycles. The van der Waals surface area contributed by atoms with E-state index in [9.17, 15) is 19.5 Å². The van der Waals surface area contributed by atoms with Crippen molar-refractivity contribution >= 4 is 29.5 Å². The lowest BCUT2D eigenvalue weighted by Gasteiger charge is -2.36. The van der Waals surface area contributed by atoms with Crippen molar-refractivity contribution in [3.05, 3.63) is 58.6 Å². The lowest BCUT2D eigenvalue weighted by Crippen LogP contribution is -2.35. The minimum Gasteiger partial charge on any atom is -0.493 e. The van der Waals surface area contributed by atoms with Crippen LogP contribution in [0.5, 0.6) is 11.5 Å². The van der Waals surface area contributed by atoms with E-state index in [4.69, 9.17) is 21.1 Å². The van der Waals surface area contributed by atoms with Crippen LogP contribution in [0.3, 0.4) is 0 Å². The summed E-state index contributed by atoms with van der Waals surface area (Å²) in [7, 11) is 3.19. The summed E-state index contributed by atoms with van der Waals surface area (Å²) in [5.41, 5.74) is 2.26. The first-order valence-corrected chi connectivity index (χ1v) is 14.6. The molecule has 0 spiro atoms. The minimum absolute atomic E-state index is 0.0864. The second-order valence-corrected chi connectivity index (χ2v) is 11.4. The maximum Gasteiger partial charge on any atom is 0.327 e. The lowest BCUT2D eigenvalue weighted by molar-refractivity contribution is -0.143. The molecule has 2 aliphatic rings. The number of ether oxygens (including phenoxy) is 2. The van der Waals surface area contributed by atoms with E-state index < -0.39 is 5.97 Å². The first-order chi connectivity index (χ1) is 19.7. The predicted octanol–water partition coefficient (Wildman–Crippen LogP) is 5.47. The summed E-state index contributed by atoms with van der Waals surface area (Å²) in [5, 5.41) is 10.1. The van der Waals surface area contributed by atoms with Crippen LogP contribution >= 0.6 is 11.6 Å². The van der Waals surface area contributed by atoms with Gasteiger partial charge in [-0.2, -0.15) is 0 Å². The monoisotopic (exact) mass is 585 g/mol. The van der Waals surface area contributed by atoms with Crippen molar-refractivity contribution in [2.24, 2.45) is 11.8 Å². The highest BCUT2D eigenvalue weighted by Crippen LogP contribution is 2.35. The first-order valence-electron chi connectivity index (χ1n) is 14.3. The summed E-state index contributed by atoms with van der Waals surface area (Å²) in [4.78, 5) is 40.7. The van der Waals surface area contributed by atoms with Gasteiger partial charge in [-0.3, -0.25) is 19.4 Å². The number of rotatable bonds is 13. The minimum atomic E-state index is -0.687. The van der Waals surface area contributed by atoms with Gasteiger partial charge >= 0.3 is 12.0 Å². The Labute approximate surface area is 246 Å². The van der Waals surface area contributed by atoms with Crippen LogP contribution in [0, 0.1) is 11.8 Å². The second-order valence-electron chi connectivity index (χ2n) is 11.0. The van der Waals surface area contributed by atoms with Gasteiger partial charge in [0.15, 0.2) is 11.5 Å². The van der Waals surface area contributed by atoms with E-state index in [1.807, 2.05) is 30.3 Å². The average molecular weight is 586 g/mol. The van der Waals surface area contributed by atoms with Crippen molar-refractivity contribution in [3.8, 4) is 11.5 Å². The highest BCUT2D eigenvalue weighted by molar-refractivity contribution is 6.30. The molecule has 1 aliphatic carbocycles. The van der Waals surface area contributed by atoms with Gasteiger partial charge in [-0.05, 0) is 73.4 Å². The number of hydrogen-bond acceptors (Lipinski definition) is 6. The van der Waals surface area contributed by atoms with Gasteiger partial charge in [0.05, 0.1) is 19.6 Å². The number of urea groups is 1. The zero-order chi connectivity index (χ0) is 29.5. The van der Waals surface area contributed by atoms with Gasteiger partial charge in [0, 0.05) is 31.2 Å². The summed E-state index contributed by atoms with van der Waals surface area (Å²) < 4.78 is 11.6. The summed E-state index contributed by atoms with van der Waals surface area (Å²) >= 11 is 6.18. The maximum absolute atomic E-state index is 12.1. The van der Waals surface area contributed by atoms with Gasteiger partial charge in [-0.1, -0.05) is 36.7 Å². The first kappa shape index (κ1) is 30.7. The fourth-order valence-corrected chi connectivity index (χ4v) is 6.04. The van der Waals surface area contributed by atoms with Crippen LogP contribution < -0.4 is 9.47 Å². The highest BCUT2D eigenvalue weighted by atomic mass is 35.5. The molecule has 2 aromatic rings. The number of benzene rings is 2. The summed E-state index contributed by atoms with van der Waals surface area (Å²) in [6.07, 6.45) is 4.15. The van der Waals surface area contributed by atoms with E-state index in [0.29, 0.717) is 29.0 Å². The molecule has 3 amide bonds. The van der Waals surface area contributed by atoms with Crippen LogP contribution in [0.2, 0.25) is 5.02 Å². The number of amides is 3. The number of aliphatic carboxylic acids is 1. The van der Waals surface area contributed by atoms with Crippen molar-refractivity contribution < 1.29 is 29.0 Å². The molecule has 0 aromatic heterocycles. The van der Waals surface area contributed by atoms with Crippen molar-refractivity contribution in [2.75, 3.05) is 40.4 Å². The van der Waals surface area contributed by atoms with E-state index in [2.05, 4.69) is 24.0 Å². The van der Waals surface area contributed by atoms with Gasteiger partial charge in [-0.25, -0.2) is 4.79 Å². The van der Waals surface area contributed by atoms with Gasteiger partial charge < -0.3 is 19.5 Å². The summed E-state index contributed by atoms with van der Waals surface area (Å²) in [6, 6.07) is 13.7. The number of carboxylic acid groups (broad SMARTS) is 1. The molecular weight excluding hydrogens is 546 g/mol. The van der Waals surface area contributed by atoms with Crippen LogP contribution in [-0.4, -0.2) is 78.1 Å². The number of carbonyl (C=O) groups excluding carboxylic acids is 2. The van der Waals surface area contributed by atoms with Crippen molar-refractivity contribution in [3.63, 3.8) is 0 Å². The summed E-state index contributed by atoms with van der Waals surface area (Å²) in [6.45, 7) is 4.15. The largest absolute Gasteiger partial charge is 0.493 e. The zero-order valence-corrected chi connectivity index (χ0v) is 24.8. The van der Waals surface area contributed by atoms with Crippen LogP contribution in [0.25, 0.3) is 0 Å². The Morgan fingerprint density at radius 3 is 2.39 bits per heavy atom. The number of carboxylic acids is 1. The predicted molar refractivity (Wildman–Crippen MR) is 156 cm³/mol. The van der Waals surface area contributed by atoms with E-state index in [1.165, 1.54) is 15.4 Å². The van der Waals surface area contributed by atoms with Crippen molar-refractivity contribution in [1.82, 2.24) is 14.7 Å². The van der Waals surface area contributed by atoms with E-state index >= 15 is 0 Å². The molecule has 1 aliphatic heterocycles. The van der Waals surface area contributed by atoms with E-state index in [-0.39, 0.29) is 43.6 Å². The second kappa shape index (κ2) is 14.0. The third kappa shape index (κ3) is 7.71. The molecule has 2 aromatic carbocycles. The molecule has 1 N–H and O–H groups in total. The van der Waals surface area contributed by atoms with Crippen LogP contribution in [0.15, 0.2) is 42.5 Å². The number of nitrogens with zero attached hydrogens (tertiary/aromatic N) is 3. The van der Waals surface area contributed by atoms with Crippen LogP contribution in [0.1, 0.15) is 56.2 Å². The highest BCUT2D eigenvalue weighted by Gasteiger charge is 2.33. The topological polar surface area (TPSA) is 99.6 Å². The zero-order valence-electron chi connectivity index (χ0n) is 24.1. The molecular formula is C31H40ClN3O6.